The number of nitrogens with one attached hydrogen (secondary N) is 1. The van der Waals surface area contributed by atoms with E-state index in [9.17, 15) is 0 Å². The van der Waals surface area contributed by atoms with E-state index in [0.717, 1.165) is 24.4 Å². The van der Waals surface area contributed by atoms with Crippen molar-refractivity contribution in [3.8, 4) is 5.75 Å². The van der Waals surface area contributed by atoms with Crippen LogP contribution in [0.4, 0.5) is 0 Å². The summed E-state index contributed by atoms with van der Waals surface area (Å²) in [6.45, 7) is 6.60. The van der Waals surface area contributed by atoms with Crippen LogP contribution in [-0.2, 0) is 4.74 Å². The summed E-state index contributed by atoms with van der Waals surface area (Å²) < 4.78 is 10.7. The van der Waals surface area contributed by atoms with E-state index in [0.29, 0.717) is 19.3 Å². The molecule has 2 heterocycles. The molecule has 1 aliphatic heterocycles. The van der Waals surface area contributed by atoms with Crippen LogP contribution in [0.5, 0.6) is 5.75 Å². The highest BCUT2D eigenvalue weighted by molar-refractivity contribution is 5.22. The zero-order valence-electron chi connectivity index (χ0n) is 10.5. The lowest BCUT2D eigenvalue weighted by atomic mass is 10.1. The Balaban J connectivity index is 1.95. The van der Waals surface area contributed by atoms with E-state index in [-0.39, 0.29) is 6.10 Å². The van der Waals surface area contributed by atoms with Crippen molar-refractivity contribution >= 4 is 0 Å². The monoisotopic (exact) mass is 236 g/mol. The second-order valence-electron chi connectivity index (χ2n) is 4.21. The minimum absolute atomic E-state index is 0.207. The molecule has 4 nitrogen and oxygen atoms in total. The van der Waals surface area contributed by atoms with Crippen molar-refractivity contribution in [3.63, 3.8) is 0 Å². The quantitative estimate of drug-likeness (QED) is 0.819. The summed E-state index contributed by atoms with van der Waals surface area (Å²) in [5.74, 6) is 0.827. The molecule has 1 fully saturated rings. The Morgan fingerprint density at radius 1 is 1.47 bits per heavy atom. The fourth-order valence-corrected chi connectivity index (χ4v) is 1.85. The highest BCUT2D eigenvalue weighted by Gasteiger charge is 2.20. The molecule has 0 saturated carbocycles. The van der Waals surface area contributed by atoms with Gasteiger partial charge < -0.3 is 14.8 Å². The van der Waals surface area contributed by atoms with Crippen LogP contribution in [0.2, 0.25) is 0 Å². The second-order valence-corrected chi connectivity index (χ2v) is 4.21. The molecular weight excluding hydrogens is 216 g/mol. The van der Waals surface area contributed by atoms with Gasteiger partial charge in [0.25, 0.3) is 0 Å². The van der Waals surface area contributed by atoms with Crippen molar-refractivity contribution in [2.75, 3.05) is 19.8 Å². The van der Waals surface area contributed by atoms with Gasteiger partial charge in [0, 0.05) is 6.04 Å². The van der Waals surface area contributed by atoms with E-state index < -0.39 is 0 Å². The minimum Gasteiger partial charge on any atom is -0.484 e. The Labute approximate surface area is 102 Å². The molecule has 0 spiro atoms. The molecular formula is C13H20N2O2. The summed E-state index contributed by atoms with van der Waals surface area (Å²) in [6.07, 6.45) is 3.05. The lowest BCUT2D eigenvalue weighted by Gasteiger charge is -2.26. The van der Waals surface area contributed by atoms with Crippen LogP contribution in [0.3, 0.4) is 0 Å². The molecule has 0 aromatic carbocycles. The molecule has 0 radical (unpaired) electrons. The van der Waals surface area contributed by atoms with E-state index >= 15 is 0 Å². The number of hydrogen-bond donors (Lipinski definition) is 1. The predicted molar refractivity (Wildman–Crippen MR) is 66.2 cm³/mol. The van der Waals surface area contributed by atoms with Crippen LogP contribution in [0.1, 0.15) is 32.0 Å². The largest absolute Gasteiger partial charge is 0.484 e. The average Bonchev–Trinajstić information content (AvgIpc) is 2.32. The lowest BCUT2D eigenvalue weighted by molar-refractivity contribution is -0.0798. The average molecular weight is 236 g/mol. The van der Waals surface area contributed by atoms with E-state index in [4.69, 9.17) is 9.47 Å². The molecule has 0 amide bonds. The Kier molecular flexibility index (Phi) is 4.34. The Hall–Kier alpha value is -1.13. The fraction of sp³-hybridized carbons (Fsp3) is 0.615. The van der Waals surface area contributed by atoms with Crippen LogP contribution in [-0.4, -0.2) is 30.8 Å². The summed E-state index contributed by atoms with van der Waals surface area (Å²) >= 11 is 0. The maximum Gasteiger partial charge on any atom is 0.145 e. The molecule has 94 valence electrons. The van der Waals surface area contributed by atoms with Gasteiger partial charge in [-0.25, -0.2) is 0 Å². The molecule has 1 saturated heterocycles. The first-order valence-corrected chi connectivity index (χ1v) is 6.27. The van der Waals surface area contributed by atoms with Crippen molar-refractivity contribution in [3.05, 3.63) is 24.0 Å². The van der Waals surface area contributed by atoms with Gasteiger partial charge in [-0.15, -0.1) is 0 Å². The molecule has 1 unspecified atom stereocenters. The molecule has 1 aliphatic rings. The third-order valence-corrected chi connectivity index (χ3v) is 2.89. The first-order valence-electron chi connectivity index (χ1n) is 6.27. The van der Waals surface area contributed by atoms with E-state index in [2.05, 4.69) is 24.1 Å². The van der Waals surface area contributed by atoms with Crippen molar-refractivity contribution in [1.29, 1.82) is 0 Å². The number of aromatic nitrogens is 1. The standard InChI is InChI=1S/C13H20N2O2/c1-3-12(14-4-2)13-6-5-10(7-15-13)17-11-8-16-9-11/h5-7,11-12,14H,3-4,8-9H2,1-2H3. The molecule has 0 bridgehead atoms. The first-order chi connectivity index (χ1) is 8.33. The minimum atomic E-state index is 0.207. The highest BCUT2D eigenvalue weighted by atomic mass is 16.6. The summed E-state index contributed by atoms with van der Waals surface area (Å²) in [6, 6.07) is 4.35. The van der Waals surface area contributed by atoms with Gasteiger partial charge in [0.2, 0.25) is 0 Å². The van der Waals surface area contributed by atoms with Gasteiger partial charge in [0.05, 0.1) is 25.1 Å². The van der Waals surface area contributed by atoms with Crippen LogP contribution in [0.15, 0.2) is 18.3 Å². The summed E-state index contributed by atoms with van der Waals surface area (Å²) in [5.41, 5.74) is 1.08. The molecule has 17 heavy (non-hydrogen) atoms. The topological polar surface area (TPSA) is 43.4 Å². The van der Waals surface area contributed by atoms with E-state index in [1.165, 1.54) is 0 Å². The fourth-order valence-electron chi connectivity index (χ4n) is 1.85. The molecule has 4 heteroatoms. The van der Waals surface area contributed by atoms with Crippen LogP contribution in [0.25, 0.3) is 0 Å². The van der Waals surface area contributed by atoms with Crippen LogP contribution < -0.4 is 10.1 Å². The maximum absolute atomic E-state index is 5.67. The second kappa shape index (κ2) is 5.98. The van der Waals surface area contributed by atoms with Crippen LogP contribution in [0, 0.1) is 0 Å². The predicted octanol–water partition coefficient (Wildman–Crippen LogP) is 1.92. The Bertz CT molecular complexity index is 336. The molecule has 2 rings (SSSR count). The summed E-state index contributed by atoms with van der Waals surface area (Å²) in [7, 11) is 0. The third kappa shape index (κ3) is 3.17. The van der Waals surface area contributed by atoms with Gasteiger partial charge >= 0.3 is 0 Å². The van der Waals surface area contributed by atoms with Crippen molar-refractivity contribution < 1.29 is 9.47 Å². The Morgan fingerprint density at radius 2 is 2.29 bits per heavy atom. The summed E-state index contributed by atoms with van der Waals surface area (Å²) in [4.78, 5) is 4.45. The lowest BCUT2D eigenvalue weighted by Crippen LogP contribution is -2.38. The van der Waals surface area contributed by atoms with E-state index in [1.54, 1.807) is 6.20 Å². The number of hydrogen-bond acceptors (Lipinski definition) is 4. The van der Waals surface area contributed by atoms with Crippen molar-refractivity contribution in [2.24, 2.45) is 0 Å². The van der Waals surface area contributed by atoms with Gasteiger partial charge in [-0.1, -0.05) is 13.8 Å². The zero-order chi connectivity index (χ0) is 12.1. The van der Waals surface area contributed by atoms with Gasteiger partial charge in [-0.3, -0.25) is 4.98 Å². The molecule has 1 atom stereocenters. The SMILES string of the molecule is CCNC(CC)c1ccc(OC2COC2)cn1. The van der Waals surface area contributed by atoms with Gasteiger partial charge in [-0.2, -0.15) is 0 Å². The van der Waals surface area contributed by atoms with Crippen molar-refractivity contribution in [1.82, 2.24) is 10.3 Å². The number of pyridine rings is 1. The van der Waals surface area contributed by atoms with Crippen molar-refractivity contribution in [2.45, 2.75) is 32.4 Å². The zero-order valence-corrected chi connectivity index (χ0v) is 10.5. The van der Waals surface area contributed by atoms with E-state index in [1.807, 2.05) is 12.1 Å². The molecule has 0 aliphatic carbocycles. The Morgan fingerprint density at radius 3 is 2.76 bits per heavy atom. The first kappa shape index (κ1) is 12.3. The van der Waals surface area contributed by atoms with Gasteiger partial charge in [-0.05, 0) is 25.1 Å². The normalized spacial score (nSPS) is 17.5. The number of nitrogens with zero attached hydrogens (tertiary/aromatic N) is 1. The molecule has 1 aromatic rings. The third-order valence-electron chi connectivity index (χ3n) is 2.89. The molecule has 1 N–H and O–H groups in total. The molecule has 1 aromatic heterocycles. The van der Waals surface area contributed by atoms with Crippen LogP contribution >= 0.6 is 0 Å². The highest BCUT2D eigenvalue weighted by Crippen LogP contribution is 2.19. The smallest absolute Gasteiger partial charge is 0.145 e. The number of rotatable bonds is 6. The summed E-state index contributed by atoms with van der Waals surface area (Å²) in [5, 5.41) is 3.41. The maximum atomic E-state index is 5.67. The number of ether oxygens (including phenoxy) is 2. The van der Waals surface area contributed by atoms with Gasteiger partial charge in [0.15, 0.2) is 0 Å². The van der Waals surface area contributed by atoms with Gasteiger partial charge in [0.1, 0.15) is 11.9 Å².